The molecule has 0 radical (unpaired) electrons. The smallest absolute Gasteiger partial charge is 0.306 e. The van der Waals surface area contributed by atoms with Crippen LogP contribution in [0.3, 0.4) is 0 Å². The van der Waals surface area contributed by atoms with Crippen molar-refractivity contribution in [2.24, 2.45) is 5.92 Å². The van der Waals surface area contributed by atoms with E-state index in [0.29, 0.717) is 19.4 Å². The molecule has 5 heteroatoms. The maximum absolute atomic E-state index is 11.9. The predicted octanol–water partition coefficient (Wildman–Crippen LogP) is 0.733. The molecule has 0 bridgehead atoms. The summed E-state index contributed by atoms with van der Waals surface area (Å²) in [5.41, 5.74) is 0. The molecule has 1 N–H and O–H groups in total. The topological polar surface area (TPSA) is 66.8 Å². The van der Waals surface area contributed by atoms with Gasteiger partial charge in [-0.2, -0.15) is 0 Å². The maximum atomic E-state index is 11.9. The standard InChI is InChI=1S/C11H19NO4/c1-7-6-9(11(14)15)4-5-12(7)10(13)8(2)16-3/h7-9H,4-6H2,1-3H3,(H,14,15). The number of methoxy groups -OCH3 is 1. The minimum atomic E-state index is -0.765. The number of nitrogens with zero attached hydrogens (tertiary/aromatic N) is 1. The van der Waals surface area contributed by atoms with Crippen molar-refractivity contribution in [3.63, 3.8) is 0 Å². The zero-order valence-corrected chi connectivity index (χ0v) is 9.97. The first-order chi connectivity index (χ1) is 7.47. The average molecular weight is 229 g/mol. The Morgan fingerprint density at radius 1 is 1.50 bits per heavy atom. The van der Waals surface area contributed by atoms with E-state index in [-0.39, 0.29) is 17.9 Å². The molecule has 0 saturated carbocycles. The number of carboxylic acids is 1. The van der Waals surface area contributed by atoms with Gasteiger partial charge in [-0.15, -0.1) is 0 Å². The Morgan fingerprint density at radius 3 is 2.56 bits per heavy atom. The molecule has 1 aliphatic heterocycles. The maximum Gasteiger partial charge on any atom is 0.306 e. The number of carbonyl (C=O) groups excluding carboxylic acids is 1. The number of amides is 1. The van der Waals surface area contributed by atoms with Crippen LogP contribution in [0, 0.1) is 5.92 Å². The number of rotatable bonds is 3. The molecule has 92 valence electrons. The molecular formula is C11H19NO4. The summed E-state index contributed by atoms with van der Waals surface area (Å²) < 4.78 is 4.98. The molecule has 0 aliphatic carbocycles. The van der Waals surface area contributed by atoms with Gasteiger partial charge in [-0.1, -0.05) is 0 Å². The molecule has 0 spiro atoms. The molecule has 1 saturated heterocycles. The number of ether oxygens (including phenoxy) is 1. The van der Waals surface area contributed by atoms with Gasteiger partial charge in [0.05, 0.1) is 5.92 Å². The van der Waals surface area contributed by atoms with Gasteiger partial charge >= 0.3 is 5.97 Å². The number of carboxylic acid groups (broad SMARTS) is 1. The third-order valence-corrected chi connectivity index (χ3v) is 3.21. The lowest BCUT2D eigenvalue weighted by Crippen LogP contribution is -2.49. The summed E-state index contributed by atoms with van der Waals surface area (Å²) >= 11 is 0. The minimum Gasteiger partial charge on any atom is -0.481 e. The summed E-state index contributed by atoms with van der Waals surface area (Å²) in [6.45, 7) is 4.10. The van der Waals surface area contributed by atoms with Gasteiger partial charge in [-0.05, 0) is 26.7 Å². The summed E-state index contributed by atoms with van der Waals surface area (Å²) in [5, 5.41) is 8.91. The molecule has 3 atom stereocenters. The zero-order valence-electron chi connectivity index (χ0n) is 9.97. The molecule has 3 unspecified atom stereocenters. The van der Waals surface area contributed by atoms with E-state index >= 15 is 0 Å². The molecule has 1 amide bonds. The van der Waals surface area contributed by atoms with Crippen LogP contribution >= 0.6 is 0 Å². The second-order valence-corrected chi connectivity index (χ2v) is 4.32. The highest BCUT2D eigenvalue weighted by atomic mass is 16.5. The number of carbonyl (C=O) groups is 2. The summed E-state index contributed by atoms with van der Waals surface area (Å²) in [5.74, 6) is -1.14. The summed E-state index contributed by atoms with van der Waals surface area (Å²) in [6, 6.07) is -0.0278. The Kier molecular flexibility index (Phi) is 4.29. The summed E-state index contributed by atoms with van der Waals surface area (Å²) in [7, 11) is 1.50. The minimum absolute atomic E-state index is 0.0278. The Hall–Kier alpha value is -1.10. The van der Waals surface area contributed by atoms with E-state index in [9.17, 15) is 9.59 Å². The number of aliphatic carboxylic acids is 1. The van der Waals surface area contributed by atoms with E-state index in [0.717, 1.165) is 0 Å². The lowest BCUT2D eigenvalue weighted by Gasteiger charge is -2.37. The molecule has 1 heterocycles. The van der Waals surface area contributed by atoms with Crippen molar-refractivity contribution < 1.29 is 19.4 Å². The first-order valence-corrected chi connectivity index (χ1v) is 5.53. The Bertz CT molecular complexity index is 279. The number of hydrogen-bond donors (Lipinski definition) is 1. The second-order valence-electron chi connectivity index (χ2n) is 4.32. The molecule has 1 fully saturated rings. The van der Waals surface area contributed by atoms with Gasteiger partial charge in [0.2, 0.25) is 0 Å². The van der Waals surface area contributed by atoms with Crippen LogP contribution in [-0.2, 0) is 14.3 Å². The van der Waals surface area contributed by atoms with E-state index in [1.165, 1.54) is 7.11 Å². The lowest BCUT2D eigenvalue weighted by atomic mass is 9.91. The number of piperidine rings is 1. The van der Waals surface area contributed by atoms with Gasteiger partial charge in [-0.3, -0.25) is 9.59 Å². The Morgan fingerprint density at radius 2 is 2.12 bits per heavy atom. The normalized spacial score (nSPS) is 27.6. The molecule has 0 aromatic rings. The highest BCUT2D eigenvalue weighted by Gasteiger charge is 2.33. The first-order valence-electron chi connectivity index (χ1n) is 5.53. The van der Waals surface area contributed by atoms with Crippen LogP contribution < -0.4 is 0 Å². The van der Waals surface area contributed by atoms with Crippen molar-refractivity contribution in [2.45, 2.75) is 38.8 Å². The van der Waals surface area contributed by atoms with Crippen molar-refractivity contribution in [3.05, 3.63) is 0 Å². The van der Waals surface area contributed by atoms with Crippen molar-refractivity contribution in [1.29, 1.82) is 0 Å². The third-order valence-electron chi connectivity index (χ3n) is 3.21. The molecule has 5 nitrogen and oxygen atoms in total. The predicted molar refractivity (Wildman–Crippen MR) is 58.0 cm³/mol. The van der Waals surface area contributed by atoms with Crippen molar-refractivity contribution >= 4 is 11.9 Å². The fourth-order valence-electron chi connectivity index (χ4n) is 2.06. The van der Waals surface area contributed by atoms with Crippen LogP contribution in [0.4, 0.5) is 0 Å². The van der Waals surface area contributed by atoms with Crippen molar-refractivity contribution in [2.75, 3.05) is 13.7 Å². The quantitative estimate of drug-likeness (QED) is 0.774. The van der Waals surface area contributed by atoms with Crippen molar-refractivity contribution in [3.8, 4) is 0 Å². The first kappa shape index (κ1) is 13.0. The SMILES string of the molecule is COC(C)C(=O)N1CCC(C(=O)O)CC1C. The lowest BCUT2D eigenvalue weighted by molar-refractivity contribution is -0.151. The Labute approximate surface area is 95.4 Å². The fourth-order valence-corrected chi connectivity index (χ4v) is 2.06. The molecule has 16 heavy (non-hydrogen) atoms. The monoisotopic (exact) mass is 229 g/mol. The molecule has 0 aromatic heterocycles. The van der Waals surface area contributed by atoms with Gasteiger partial charge in [0.1, 0.15) is 6.10 Å². The summed E-state index contributed by atoms with van der Waals surface area (Å²) in [6.07, 6.45) is 0.600. The van der Waals surface area contributed by atoms with Crippen molar-refractivity contribution in [1.82, 2.24) is 4.90 Å². The van der Waals surface area contributed by atoms with E-state index in [1.807, 2.05) is 6.92 Å². The van der Waals surface area contributed by atoms with Crippen LogP contribution in [0.5, 0.6) is 0 Å². The zero-order chi connectivity index (χ0) is 12.3. The molecule has 1 rings (SSSR count). The molecule has 0 aromatic carbocycles. The van der Waals surface area contributed by atoms with E-state index in [2.05, 4.69) is 0 Å². The molecular weight excluding hydrogens is 210 g/mol. The van der Waals surface area contributed by atoms with Gasteiger partial charge in [0, 0.05) is 19.7 Å². The van der Waals surface area contributed by atoms with Gasteiger partial charge in [-0.25, -0.2) is 0 Å². The van der Waals surface area contributed by atoms with E-state index in [4.69, 9.17) is 9.84 Å². The highest BCUT2D eigenvalue weighted by molar-refractivity contribution is 5.81. The van der Waals surface area contributed by atoms with Crippen LogP contribution in [0.2, 0.25) is 0 Å². The second kappa shape index (κ2) is 5.30. The number of hydrogen-bond acceptors (Lipinski definition) is 3. The van der Waals surface area contributed by atoms with E-state index < -0.39 is 12.1 Å². The van der Waals surface area contributed by atoms with E-state index in [1.54, 1.807) is 11.8 Å². The van der Waals surface area contributed by atoms with Crippen LogP contribution in [0.1, 0.15) is 26.7 Å². The van der Waals surface area contributed by atoms with Gasteiger partial charge in [0.15, 0.2) is 0 Å². The summed E-state index contributed by atoms with van der Waals surface area (Å²) in [4.78, 5) is 24.4. The third kappa shape index (κ3) is 2.72. The van der Waals surface area contributed by atoms with Gasteiger partial charge < -0.3 is 14.7 Å². The molecule has 1 aliphatic rings. The van der Waals surface area contributed by atoms with Crippen LogP contribution in [0.15, 0.2) is 0 Å². The fraction of sp³-hybridized carbons (Fsp3) is 0.818. The van der Waals surface area contributed by atoms with Crippen LogP contribution in [-0.4, -0.2) is 47.7 Å². The number of likely N-dealkylation sites (tertiary alicyclic amines) is 1. The van der Waals surface area contributed by atoms with Crippen LogP contribution in [0.25, 0.3) is 0 Å². The average Bonchev–Trinajstić information content (AvgIpc) is 2.26. The Balaban J connectivity index is 2.60. The highest BCUT2D eigenvalue weighted by Crippen LogP contribution is 2.23. The largest absolute Gasteiger partial charge is 0.481 e. The van der Waals surface area contributed by atoms with Gasteiger partial charge in [0.25, 0.3) is 5.91 Å².